The molecule has 0 bridgehead atoms. The van der Waals surface area contributed by atoms with Crippen LogP contribution in [0.5, 0.6) is 0 Å². The zero-order valence-corrected chi connectivity index (χ0v) is 18.7. The van der Waals surface area contributed by atoms with Crippen molar-refractivity contribution in [2.45, 2.75) is 13.8 Å². The Morgan fingerprint density at radius 2 is 1.31 bits per heavy atom. The molecule has 2 N–H and O–H groups in total. The largest absolute Gasteiger partial charge is 0.463 e. The van der Waals surface area contributed by atoms with Crippen molar-refractivity contribution in [3.63, 3.8) is 0 Å². The third-order valence-corrected chi connectivity index (χ3v) is 4.53. The molecule has 0 radical (unpaired) electrons. The number of rotatable bonds is 12. The smallest absolute Gasteiger partial charge is 0.347 e. The van der Waals surface area contributed by atoms with Crippen LogP contribution in [-0.4, -0.2) is 66.8 Å². The van der Waals surface area contributed by atoms with E-state index < -0.39 is 18.0 Å². The number of anilines is 2. The molecule has 2 heterocycles. The van der Waals surface area contributed by atoms with Crippen LogP contribution in [0.2, 0.25) is 0 Å². The molecule has 0 atom stereocenters. The summed E-state index contributed by atoms with van der Waals surface area (Å²) < 4.78 is 9.39. The number of hydrogen-bond donors (Lipinski definition) is 2. The van der Waals surface area contributed by atoms with E-state index in [1.807, 2.05) is 0 Å². The summed E-state index contributed by atoms with van der Waals surface area (Å²) in [5.41, 5.74) is 0.870. The van der Waals surface area contributed by atoms with Crippen LogP contribution in [0.15, 0.2) is 21.1 Å². The number of thiazole rings is 2. The second-order valence-electron chi connectivity index (χ2n) is 5.36. The van der Waals surface area contributed by atoms with Gasteiger partial charge in [-0.25, -0.2) is 24.4 Å². The molecular weight excluding hydrogens is 464 g/mol. The van der Waals surface area contributed by atoms with Crippen molar-refractivity contribution in [2.24, 2.45) is 10.3 Å². The van der Waals surface area contributed by atoms with Gasteiger partial charge in [0.25, 0.3) is 0 Å². The minimum absolute atomic E-state index is 0.260. The Morgan fingerprint density at radius 1 is 0.875 bits per heavy atom. The number of hydrogen-bond acceptors (Lipinski definition) is 13. The molecule has 2 aromatic rings. The molecule has 2 rings (SSSR count). The van der Waals surface area contributed by atoms with Gasteiger partial charge in [-0.2, -0.15) is 0 Å². The highest BCUT2D eigenvalue weighted by Crippen LogP contribution is 2.17. The van der Waals surface area contributed by atoms with Crippen LogP contribution in [0.3, 0.4) is 0 Å². The average Bonchev–Trinajstić information content (AvgIpc) is 3.38. The molecule has 0 spiro atoms. The van der Waals surface area contributed by atoms with Crippen LogP contribution in [0.4, 0.5) is 15.1 Å². The van der Waals surface area contributed by atoms with E-state index in [4.69, 9.17) is 19.1 Å². The molecule has 172 valence electrons. The quantitative estimate of drug-likeness (QED) is 0.261. The van der Waals surface area contributed by atoms with Gasteiger partial charge in [0.15, 0.2) is 10.3 Å². The van der Waals surface area contributed by atoms with Crippen molar-refractivity contribution in [1.82, 2.24) is 9.97 Å². The van der Waals surface area contributed by atoms with Gasteiger partial charge in [-0.3, -0.25) is 10.6 Å². The predicted molar refractivity (Wildman–Crippen MR) is 117 cm³/mol. The Kier molecular flexibility index (Phi) is 10.5. The SMILES string of the molecule is CCOC(=O)CO/N=C/c1csc(NC(=O)Nc2nc(/C=N/OCC(=O)OCC)cs2)n1. The van der Waals surface area contributed by atoms with E-state index in [-0.39, 0.29) is 26.4 Å². The normalized spacial score (nSPS) is 10.8. The van der Waals surface area contributed by atoms with Crippen molar-refractivity contribution in [2.75, 3.05) is 37.1 Å². The highest BCUT2D eigenvalue weighted by atomic mass is 32.1. The molecule has 0 saturated carbocycles. The summed E-state index contributed by atoms with van der Waals surface area (Å²) in [6.07, 6.45) is 2.60. The van der Waals surface area contributed by atoms with E-state index in [9.17, 15) is 14.4 Å². The van der Waals surface area contributed by atoms with Crippen molar-refractivity contribution < 1.29 is 33.5 Å². The highest BCUT2D eigenvalue weighted by Gasteiger charge is 2.09. The van der Waals surface area contributed by atoms with Gasteiger partial charge in [-0.15, -0.1) is 22.7 Å². The van der Waals surface area contributed by atoms with Crippen LogP contribution < -0.4 is 10.6 Å². The summed E-state index contributed by atoms with van der Waals surface area (Å²) in [7, 11) is 0. The second kappa shape index (κ2) is 13.7. The standard InChI is InChI=1S/C17H20N6O7S2/c1-3-27-13(24)7-29-18-5-11-9-31-16(20-11)22-15(26)23-17-21-12(10-32-17)6-19-30-8-14(25)28-4-2/h5-6,9-10H,3-4,7-8H2,1-2H3,(H2,20,21,22,23,26)/b18-5+,19-6+. The first-order valence-corrected chi connectivity index (χ1v) is 10.9. The van der Waals surface area contributed by atoms with Gasteiger partial charge >= 0.3 is 18.0 Å². The van der Waals surface area contributed by atoms with Crippen molar-refractivity contribution in [3.8, 4) is 0 Å². The van der Waals surface area contributed by atoms with Crippen molar-refractivity contribution in [3.05, 3.63) is 22.1 Å². The average molecular weight is 485 g/mol. The molecule has 0 aliphatic heterocycles. The first-order valence-electron chi connectivity index (χ1n) is 9.11. The summed E-state index contributed by atoms with van der Waals surface area (Å²) in [5, 5.41) is 16.3. The Balaban J connectivity index is 1.74. The first-order chi connectivity index (χ1) is 15.5. The number of oxime groups is 2. The fourth-order valence-electron chi connectivity index (χ4n) is 1.80. The lowest BCUT2D eigenvalue weighted by Crippen LogP contribution is -2.19. The summed E-state index contributed by atoms with van der Waals surface area (Å²) in [4.78, 5) is 52.2. The number of carbonyl (C=O) groups is 3. The molecule has 0 unspecified atom stereocenters. The number of aromatic nitrogens is 2. The minimum atomic E-state index is -0.544. The molecular formula is C17H20N6O7S2. The van der Waals surface area contributed by atoms with Crippen molar-refractivity contribution in [1.29, 1.82) is 0 Å². The number of urea groups is 1. The fraction of sp³-hybridized carbons (Fsp3) is 0.353. The Bertz CT molecular complexity index is 885. The Labute approximate surface area is 190 Å². The molecule has 0 aliphatic carbocycles. The molecule has 0 aliphatic rings. The Morgan fingerprint density at radius 3 is 1.72 bits per heavy atom. The van der Waals surface area contributed by atoms with Gasteiger partial charge in [0.05, 0.1) is 37.0 Å². The highest BCUT2D eigenvalue weighted by molar-refractivity contribution is 7.14. The van der Waals surface area contributed by atoms with E-state index in [0.717, 1.165) is 0 Å². The second-order valence-corrected chi connectivity index (χ2v) is 7.08. The number of nitrogens with one attached hydrogen (secondary N) is 2. The van der Waals surface area contributed by atoms with Gasteiger partial charge < -0.3 is 19.1 Å². The summed E-state index contributed by atoms with van der Waals surface area (Å²) >= 11 is 2.34. The van der Waals surface area contributed by atoms with E-state index in [1.165, 1.54) is 35.1 Å². The number of amides is 2. The molecule has 0 aromatic carbocycles. The minimum Gasteiger partial charge on any atom is -0.463 e. The van der Waals surface area contributed by atoms with Gasteiger partial charge in [0.2, 0.25) is 13.2 Å². The number of carbonyl (C=O) groups excluding carboxylic acids is 3. The van der Waals surface area contributed by atoms with Gasteiger partial charge in [-0.1, -0.05) is 10.3 Å². The third kappa shape index (κ3) is 9.48. The van der Waals surface area contributed by atoms with E-state index in [2.05, 4.69) is 30.9 Å². The van der Waals surface area contributed by atoms with Crippen LogP contribution >= 0.6 is 22.7 Å². The molecule has 0 saturated heterocycles. The topological polar surface area (TPSA) is 163 Å². The van der Waals surface area contributed by atoms with Crippen LogP contribution in [-0.2, 0) is 28.7 Å². The van der Waals surface area contributed by atoms with Gasteiger partial charge in [-0.05, 0) is 13.8 Å². The van der Waals surface area contributed by atoms with E-state index in [1.54, 1.807) is 24.6 Å². The number of nitrogens with zero attached hydrogens (tertiary/aromatic N) is 4. The Hall–Kier alpha value is -3.59. The van der Waals surface area contributed by atoms with Gasteiger partial charge in [0.1, 0.15) is 0 Å². The molecule has 2 amide bonds. The zero-order chi connectivity index (χ0) is 23.2. The lowest BCUT2D eigenvalue weighted by molar-refractivity contribution is -0.149. The third-order valence-electron chi connectivity index (χ3n) is 2.98. The summed E-state index contributed by atoms with van der Waals surface area (Å²) in [5.74, 6) is -1.05. The van der Waals surface area contributed by atoms with Crippen LogP contribution in [0.25, 0.3) is 0 Å². The van der Waals surface area contributed by atoms with E-state index >= 15 is 0 Å². The molecule has 0 fully saturated rings. The molecule has 2 aromatic heterocycles. The maximum atomic E-state index is 12.1. The van der Waals surface area contributed by atoms with Crippen LogP contribution in [0, 0.1) is 0 Å². The number of ether oxygens (including phenoxy) is 2. The number of esters is 2. The summed E-state index contributed by atoms with van der Waals surface area (Å²) in [6.45, 7) is 3.29. The maximum Gasteiger partial charge on any atom is 0.347 e. The van der Waals surface area contributed by atoms with Gasteiger partial charge in [0, 0.05) is 10.8 Å². The lowest BCUT2D eigenvalue weighted by atomic mass is 10.5. The first kappa shape index (κ1) is 24.7. The summed E-state index contributed by atoms with van der Waals surface area (Å²) in [6, 6.07) is -0.544. The molecule has 13 nitrogen and oxygen atoms in total. The monoisotopic (exact) mass is 484 g/mol. The lowest BCUT2D eigenvalue weighted by Gasteiger charge is -2.01. The van der Waals surface area contributed by atoms with E-state index in [0.29, 0.717) is 21.7 Å². The predicted octanol–water partition coefficient (Wildman–Crippen LogP) is 2.07. The molecule has 15 heteroatoms. The van der Waals surface area contributed by atoms with Crippen LogP contribution in [0.1, 0.15) is 25.2 Å². The molecule has 32 heavy (non-hydrogen) atoms. The zero-order valence-electron chi connectivity index (χ0n) is 17.1. The fourth-order valence-corrected chi connectivity index (χ4v) is 3.11. The van der Waals surface area contributed by atoms with Crippen molar-refractivity contribution >= 4 is 63.3 Å². The maximum absolute atomic E-state index is 12.1.